The second kappa shape index (κ2) is 5.80. The summed E-state index contributed by atoms with van der Waals surface area (Å²) in [6.07, 6.45) is 6.80. The van der Waals surface area contributed by atoms with Crippen molar-refractivity contribution in [2.75, 3.05) is 26.9 Å². The Labute approximate surface area is 115 Å². The van der Waals surface area contributed by atoms with Crippen molar-refractivity contribution in [2.45, 2.75) is 38.1 Å². The zero-order valence-corrected chi connectivity index (χ0v) is 11.8. The molecule has 0 aromatic heterocycles. The van der Waals surface area contributed by atoms with E-state index in [0.29, 0.717) is 19.3 Å². The van der Waals surface area contributed by atoms with E-state index >= 15 is 0 Å². The summed E-state index contributed by atoms with van der Waals surface area (Å²) in [5.41, 5.74) is 0. The second-order valence-corrected chi connectivity index (χ2v) is 6.57. The molecule has 0 radical (unpaired) electrons. The van der Waals surface area contributed by atoms with Crippen LogP contribution in [0.3, 0.4) is 0 Å². The Morgan fingerprint density at radius 3 is 2.26 bits per heavy atom. The average Bonchev–Trinajstić information content (AvgIpc) is 2.38. The molecule has 4 fully saturated rings. The van der Waals surface area contributed by atoms with Gasteiger partial charge in [0.25, 0.3) is 0 Å². The SMILES string of the molecule is COCCOCC(=O)NC1C2CC3CC(C2)CC1C3. The van der Waals surface area contributed by atoms with E-state index in [1.165, 1.54) is 32.1 Å². The number of amides is 1. The number of carbonyl (C=O) groups excluding carboxylic acids is 1. The monoisotopic (exact) mass is 267 g/mol. The number of carbonyl (C=O) groups is 1. The summed E-state index contributed by atoms with van der Waals surface area (Å²) in [4.78, 5) is 11.9. The van der Waals surface area contributed by atoms with Crippen molar-refractivity contribution in [3.63, 3.8) is 0 Å². The van der Waals surface area contributed by atoms with Gasteiger partial charge in [0, 0.05) is 13.2 Å². The number of ether oxygens (including phenoxy) is 2. The topological polar surface area (TPSA) is 47.6 Å². The molecule has 4 saturated carbocycles. The van der Waals surface area contributed by atoms with Crippen LogP contribution in [0.2, 0.25) is 0 Å². The van der Waals surface area contributed by atoms with Crippen LogP contribution in [0.15, 0.2) is 0 Å². The third-order valence-corrected chi connectivity index (χ3v) is 5.22. The first-order valence-electron chi connectivity index (χ1n) is 7.62. The molecule has 4 aliphatic carbocycles. The number of hydrogen-bond donors (Lipinski definition) is 1. The highest BCUT2D eigenvalue weighted by Crippen LogP contribution is 2.53. The molecule has 0 atom stereocenters. The minimum atomic E-state index is 0.0496. The van der Waals surface area contributed by atoms with Crippen molar-refractivity contribution >= 4 is 5.91 Å². The van der Waals surface area contributed by atoms with Crippen molar-refractivity contribution in [3.8, 4) is 0 Å². The van der Waals surface area contributed by atoms with E-state index in [9.17, 15) is 4.79 Å². The summed E-state index contributed by atoms with van der Waals surface area (Å²) in [6, 6.07) is 0.423. The van der Waals surface area contributed by atoms with Crippen molar-refractivity contribution in [1.82, 2.24) is 5.32 Å². The van der Waals surface area contributed by atoms with Gasteiger partial charge >= 0.3 is 0 Å². The van der Waals surface area contributed by atoms with E-state index in [-0.39, 0.29) is 12.5 Å². The van der Waals surface area contributed by atoms with Gasteiger partial charge in [-0.3, -0.25) is 4.79 Å². The third kappa shape index (κ3) is 2.95. The summed E-state index contributed by atoms with van der Waals surface area (Å²) >= 11 is 0. The number of hydrogen-bond acceptors (Lipinski definition) is 3. The molecule has 0 unspecified atom stereocenters. The van der Waals surface area contributed by atoms with E-state index in [0.717, 1.165) is 23.7 Å². The first-order chi connectivity index (χ1) is 9.26. The van der Waals surface area contributed by atoms with Gasteiger partial charge in [0.05, 0.1) is 13.2 Å². The molecule has 0 aromatic carbocycles. The van der Waals surface area contributed by atoms with Crippen molar-refractivity contribution in [3.05, 3.63) is 0 Å². The van der Waals surface area contributed by atoms with Crippen molar-refractivity contribution in [1.29, 1.82) is 0 Å². The molecule has 1 amide bonds. The fraction of sp³-hybridized carbons (Fsp3) is 0.933. The summed E-state index contributed by atoms with van der Waals surface area (Å²) in [5, 5.41) is 3.23. The van der Waals surface area contributed by atoms with Crippen molar-refractivity contribution in [2.24, 2.45) is 23.7 Å². The molecule has 0 saturated heterocycles. The Balaban J connectivity index is 1.46. The Morgan fingerprint density at radius 1 is 1.05 bits per heavy atom. The molecular formula is C15H25NO3. The van der Waals surface area contributed by atoms with Crippen LogP contribution >= 0.6 is 0 Å². The molecular weight excluding hydrogens is 242 g/mol. The van der Waals surface area contributed by atoms with Crippen LogP contribution in [0.5, 0.6) is 0 Å². The normalized spacial score (nSPS) is 39.5. The zero-order valence-electron chi connectivity index (χ0n) is 11.8. The number of rotatable bonds is 6. The molecule has 4 aliphatic rings. The Hall–Kier alpha value is -0.610. The van der Waals surface area contributed by atoms with Gasteiger partial charge in [0.15, 0.2) is 0 Å². The number of nitrogens with one attached hydrogen (secondary N) is 1. The first-order valence-corrected chi connectivity index (χ1v) is 7.62. The van der Waals surface area contributed by atoms with Crippen molar-refractivity contribution < 1.29 is 14.3 Å². The van der Waals surface area contributed by atoms with Crippen LogP contribution in [0.1, 0.15) is 32.1 Å². The lowest BCUT2D eigenvalue weighted by atomic mass is 9.54. The fourth-order valence-electron chi connectivity index (χ4n) is 4.70. The maximum Gasteiger partial charge on any atom is 0.246 e. The zero-order chi connectivity index (χ0) is 13.2. The van der Waals surface area contributed by atoms with E-state index in [1.807, 2.05) is 0 Å². The van der Waals surface area contributed by atoms with Gasteiger partial charge in [0.1, 0.15) is 6.61 Å². The predicted molar refractivity (Wildman–Crippen MR) is 71.7 cm³/mol. The highest BCUT2D eigenvalue weighted by atomic mass is 16.5. The lowest BCUT2D eigenvalue weighted by Gasteiger charge is -2.54. The summed E-state index contributed by atoms with van der Waals surface area (Å²) in [6.45, 7) is 1.21. The quantitative estimate of drug-likeness (QED) is 0.743. The minimum Gasteiger partial charge on any atom is -0.382 e. The summed E-state index contributed by atoms with van der Waals surface area (Å²) in [5.74, 6) is 3.43. The summed E-state index contributed by atoms with van der Waals surface area (Å²) in [7, 11) is 1.64. The largest absolute Gasteiger partial charge is 0.382 e. The molecule has 108 valence electrons. The first kappa shape index (κ1) is 13.4. The maximum absolute atomic E-state index is 11.9. The van der Waals surface area contributed by atoms with Crippen LogP contribution in [-0.2, 0) is 14.3 Å². The van der Waals surface area contributed by atoms with Crippen LogP contribution in [0, 0.1) is 23.7 Å². The number of methoxy groups -OCH3 is 1. The molecule has 0 aromatic rings. The molecule has 4 nitrogen and oxygen atoms in total. The molecule has 0 aliphatic heterocycles. The van der Waals surface area contributed by atoms with E-state index in [1.54, 1.807) is 7.11 Å². The predicted octanol–water partition coefficient (Wildman–Crippen LogP) is 1.59. The van der Waals surface area contributed by atoms with Gasteiger partial charge in [0.2, 0.25) is 5.91 Å². The maximum atomic E-state index is 11.9. The third-order valence-electron chi connectivity index (χ3n) is 5.22. The van der Waals surface area contributed by atoms with Gasteiger partial charge in [-0.25, -0.2) is 0 Å². The van der Waals surface area contributed by atoms with E-state index < -0.39 is 0 Å². The van der Waals surface area contributed by atoms with Gasteiger partial charge < -0.3 is 14.8 Å². The standard InChI is InChI=1S/C15H25NO3/c1-18-2-3-19-9-14(17)16-15-12-5-10-4-11(7-12)8-13(15)6-10/h10-13,15H,2-9H2,1H3,(H,16,17). The van der Waals surface area contributed by atoms with Crippen LogP contribution in [-0.4, -0.2) is 38.9 Å². The van der Waals surface area contributed by atoms with Crippen LogP contribution < -0.4 is 5.32 Å². The van der Waals surface area contributed by atoms with E-state index in [2.05, 4.69) is 5.32 Å². The Bertz CT molecular complexity index is 303. The molecule has 0 spiro atoms. The van der Waals surface area contributed by atoms with E-state index in [4.69, 9.17) is 9.47 Å². The highest BCUT2D eigenvalue weighted by molar-refractivity contribution is 5.77. The molecule has 4 bridgehead atoms. The van der Waals surface area contributed by atoms with Gasteiger partial charge in [-0.05, 0) is 55.8 Å². The van der Waals surface area contributed by atoms with Crippen LogP contribution in [0.25, 0.3) is 0 Å². The molecule has 4 heteroatoms. The van der Waals surface area contributed by atoms with Crippen LogP contribution in [0.4, 0.5) is 0 Å². The molecule has 19 heavy (non-hydrogen) atoms. The molecule has 1 N–H and O–H groups in total. The molecule has 4 rings (SSSR count). The highest BCUT2D eigenvalue weighted by Gasteiger charge is 2.48. The van der Waals surface area contributed by atoms with Gasteiger partial charge in [-0.1, -0.05) is 0 Å². The smallest absolute Gasteiger partial charge is 0.246 e. The second-order valence-electron chi connectivity index (χ2n) is 6.57. The Morgan fingerprint density at radius 2 is 1.68 bits per heavy atom. The average molecular weight is 267 g/mol. The Kier molecular flexibility index (Phi) is 4.08. The lowest BCUT2D eigenvalue weighted by Crippen LogP contribution is -2.56. The molecule has 0 heterocycles. The fourth-order valence-corrected chi connectivity index (χ4v) is 4.70. The van der Waals surface area contributed by atoms with Gasteiger partial charge in [-0.2, -0.15) is 0 Å². The van der Waals surface area contributed by atoms with Gasteiger partial charge in [-0.15, -0.1) is 0 Å². The summed E-state index contributed by atoms with van der Waals surface area (Å²) < 4.78 is 10.2. The lowest BCUT2D eigenvalue weighted by molar-refractivity contribution is -0.130. The minimum absolute atomic E-state index is 0.0496.